The van der Waals surface area contributed by atoms with Crippen molar-refractivity contribution in [3.8, 4) is 0 Å². The molecule has 1 aromatic rings. The second-order valence-electron chi connectivity index (χ2n) is 5.40. The molecule has 0 saturated heterocycles. The van der Waals surface area contributed by atoms with E-state index < -0.39 is 0 Å². The van der Waals surface area contributed by atoms with Crippen LogP contribution in [0.3, 0.4) is 0 Å². The van der Waals surface area contributed by atoms with Crippen molar-refractivity contribution in [3.05, 3.63) is 28.2 Å². The highest BCUT2D eigenvalue weighted by atomic mass is 79.9. The number of benzene rings is 1. The maximum Gasteiger partial charge on any atom is 0.0510 e. The first-order chi connectivity index (χ1) is 9.49. The molecule has 2 N–H and O–H groups in total. The molecule has 1 aromatic carbocycles. The van der Waals surface area contributed by atoms with Gasteiger partial charge in [0.2, 0.25) is 0 Å². The summed E-state index contributed by atoms with van der Waals surface area (Å²) in [7, 11) is 2.17. The average molecular weight is 359 g/mol. The molecule has 0 aliphatic rings. The Balaban J connectivity index is 2.76. The van der Waals surface area contributed by atoms with E-state index in [0.717, 1.165) is 17.3 Å². The van der Waals surface area contributed by atoms with Crippen LogP contribution in [0.15, 0.2) is 22.7 Å². The molecular weight excluding hydrogens is 332 g/mol. The van der Waals surface area contributed by atoms with Crippen molar-refractivity contribution in [2.24, 2.45) is 5.73 Å². The molecule has 0 aromatic heterocycles. The monoisotopic (exact) mass is 358 g/mol. The van der Waals surface area contributed by atoms with Crippen LogP contribution < -0.4 is 10.6 Å². The summed E-state index contributed by atoms with van der Waals surface area (Å²) < 4.78 is 1.16. The largest absolute Gasteiger partial charge is 0.371 e. The summed E-state index contributed by atoms with van der Waals surface area (Å²) in [6.07, 6.45) is 5.33. The highest BCUT2D eigenvalue weighted by Crippen LogP contribution is 2.29. The van der Waals surface area contributed by atoms with Crippen molar-refractivity contribution in [2.75, 3.05) is 24.0 Å². The van der Waals surface area contributed by atoms with Crippen molar-refractivity contribution < 1.29 is 0 Å². The first kappa shape index (κ1) is 17.9. The van der Waals surface area contributed by atoms with Gasteiger partial charge in [0.1, 0.15) is 0 Å². The number of hydrogen-bond donors (Lipinski definition) is 1. The average Bonchev–Trinajstić information content (AvgIpc) is 2.44. The lowest BCUT2D eigenvalue weighted by Crippen LogP contribution is -2.29. The van der Waals surface area contributed by atoms with Gasteiger partial charge < -0.3 is 10.6 Å². The minimum absolute atomic E-state index is 0.256. The Labute approximate surface area is 136 Å². The Morgan fingerprint density at radius 3 is 2.65 bits per heavy atom. The number of halogens is 1. The van der Waals surface area contributed by atoms with E-state index in [2.05, 4.69) is 66.2 Å². The molecule has 20 heavy (non-hydrogen) atoms. The van der Waals surface area contributed by atoms with Gasteiger partial charge in [0.15, 0.2) is 0 Å². The predicted octanol–water partition coefficient (Wildman–Crippen LogP) is 4.31. The van der Waals surface area contributed by atoms with E-state index in [1.807, 2.05) is 11.8 Å². The third kappa shape index (κ3) is 5.30. The lowest BCUT2D eigenvalue weighted by Gasteiger charge is -2.28. The number of nitrogens with two attached hydrogens (primary N) is 1. The molecule has 0 spiro atoms. The number of rotatable bonds is 8. The Morgan fingerprint density at radius 2 is 2.10 bits per heavy atom. The van der Waals surface area contributed by atoms with Gasteiger partial charge in [0.05, 0.1) is 5.69 Å². The van der Waals surface area contributed by atoms with Gasteiger partial charge in [-0.15, -0.1) is 0 Å². The van der Waals surface area contributed by atoms with Gasteiger partial charge >= 0.3 is 0 Å². The van der Waals surface area contributed by atoms with E-state index in [1.54, 1.807) is 0 Å². The van der Waals surface area contributed by atoms with Crippen LogP contribution in [-0.4, -0.2) is 31.1 Å². The molecule has 2 nitrogen and oxygen atoms in total. The minimum Gasteiger partial charge on any atom is -0.371 e. The molecule has 4 heteroatoms. The van der Waals surface area contributed by atoms with Gasteiger partial charge in [-0.2, -0.15) is 11.8 Å². The van der Waals surface area contributed by atoms with Crippen LogP contribution in [-0.2, 0) is 6.42 Å². The molecule has 2 unspecified atom stereocenters. The summed E-state index contributed by atoms with van der Waals surface area (Å²) in [5, 5.41) is 0. The predicted molar refractivity (Wildman–Crippen MR) is 97.0 cm³/mol. The SMILES string of the molecule is CCC(N)Cc1ccc(N(C)C(C)CCSC)c(Br)c1. The maximum atomic E-state index is 6.03. The molecule has 0 aliphatic carbocycles. The van der Waals surface area contributed by atoms with E-state index >= 15 is 0 Å². The number of nitrogens with zero attached hydrogens (tertiary/aromatic N) is 1. The molecule has 114 valence electrons. The molecular formula is C16H27BrN2S. The number of hydrogen-bond acceptors (Lipinski definition) is 3. The van der Waals surface area contributed by atoms with Crippen LogP contribution in [0.1, 0.15) is 32.3 Å². The van der Waals surface area contributed by atoms with Gasteiger partial charge in [-0.05, 0) is 71.8 Å². The highest BCUT2D eigenvalue weighted by Gasteiger charge is 2.13. The Kier molecular flexibility index (Phi) is 8.00. The number of anilines is 1. The zero-order chi connectivity index (χ0) is 15.1. The van der Waals surface area contributed by atoms with Crippen LogP contribution in [0.2, 0.25) is 0 Å². The number of thioether (sulfide) groups is 1. The minimum atomic E-state index is 0.256. The van der Waals surface area contributed by atoms with E-state index in [4.69, 9.17) is 5.73 Å². The second-order valence-corrected chi connectivity index (χ2v) is 7.24. The van der Waals surface area contributed by atoms with E-state index in [0.29, 0.717) is 6.04 Å². The van der Waals surface area contributed by atoms with Crippen molar-refractivity contribution in [2.45, 2.75) is 45.2 Å². The molecule has 0 amide bonds. The fourth-order valence-electron chi connectivity index (χ4n) is 2.13. The van der Waals surface area contributed by atoms with E-state index in [9.17, 15) is 0 Å². The molecule has 1 rings (SSSR count). The topological polar surface area (TPSA) is 29.3 Å². The fraction of sp³-hybridized carbons (Fsp3) is 0.625. The fourth-order valence-corrected chi connectivity index (χ4v) is 3.41. The highest BCUT2D eigenvalue weighted by molar-refractivity contribution is 9.10. The van der Waals surface area contributed by atoms with Crippen molar-refractivity contribution in [1.82, 2.24) is 0 Å². The smallest absolute Gasteiger partial charge is 0.0510 e. The molecule has 0 bridgehead atoms. The van der Waals surface area contributed by atoms with Gasteiger partial charge in [-0.25, -0.2) is 0 Å². The van der Waals surface area contributed by atoms with Crippen LogP contribution in [0, 0.1) is 0 Å². The Hall–Kier alpha value is -0.190. The van der Waals surface area contributed by atoms with E-state index in [1.165, 1.54) is 23.4 Å². The van der Waals surface area contributed by atoms with Gasteiger partial charge in [-0.3, -0.25) is 0 Å². The van der Waals surface area contributed by atoms with Crippen LogP contribution in [0.5, 0.6) is 0 Å². The lowest BCUT2D eigenvalue weighted by molar-refractivity contribution is 0.645. The van der Waals surface area contributed by atoms with Crippen molar-refractivity contribution >= 4 is 33.4 Å². The quantitative estimate of drug-likeness (QED) is 0.750. The van der Waals surface area contributed by atoms with E-state index in [-0.39, 0.29) is 6.04 Å². The third-order valence-electron chi connectivity index (χ3n) is 3.82. The molecule has 0 fully saturated rings. The first-order valence-corrected chi connectivity index (χ1v) is 9.44. The Morgan fingerprint density at radius 1 is 1.40 bits per heavy atom. The van der Waals surface area contributed by atoms with Crippen molar-refractivity contribution in [1.29, 1.82) is 0 Å². The van der Waals surface area contributed by atoms with Crippen LogP contribution in [0.25, 0.3) is 0 Å². The molecule has 0 aliphatic heterocycles. The Bertz CT molecular complexity index is 411. The second kappa shape index (κ2) is 8.96. The maximum absolute atomic E-state index is 6.03. The summed E-state index contributed by atoms with van der Waals surface area (Å²) in [6.45, 7) is 4.42. The lowest BCUT2D eigenvalue weighted by atomic mass is 10.0. The van der Waals surface area contributed by atoms with Gasteiger partial charge in [0, 0.05) is 23.6 Å². The van der Waals surface area contributed by atoms with Crippen molar-refractivity contribution in [3.63, 3.8) is 0 Å². The summed E-state index contributed by atoms with van der Waals surface area (Å²) in [5.74, 6) is 1.20. The van der Waals surface area contributed by atoms with Crippen LogP contribution >= 0.6 is 27.7 Å². The first-order valence-electron chi connectivity index (χ1n) is 7.25. The summed E-state index contributed by atoms with van der Waals surface area (Å²) in [6, 6.07) is 7.42. The summed E-state index contributed by atoms with van der Waals surface area (Å²) >= 11 is 5.61. The standard InChI is InChI=1S/C16H27BrN2S/c1-5-14(18)10-13-6-7-16(15(17)11-13)19(3)12(2)8-9-20-4/h6-7,11-12,14H,5,8-10,18H2,1-4H3. The van der Waals surface area contributed by atoms with Gasteiger partial charge in [-0.1, -0.05) is 13.0 Å². The van der Waals surface area contributed by atoms with Crippen LogP contribution in [0.4, 0.5) is 5.69 Å². The zero-order valence-electron chi connectivity index (χ0n) is 13.0. The van der Waals surface area contributed by atoms with Gasteiger partial charge in [0.25, 0.3) is 0 Å². The molecule has 0 radical (unpaired) electrons. The summed E-state index contributed by atoms with van der Waals surface area (Å²) in [5.41, 5.74) is 8.59. The molecule has 0 heterocycles. The third-order valence-corrected chi connectivity index (χ3v) is 5.09. The molecule has 0 saturated carbocycles. The summed E-state index contributed by atoms with van der Waals surface area (Å²) in [4.78, 5) is 2.35. The molecule has 2 atom stereocenters. The zero-order valence-corrected chi connectivity index (χ0v) is 15.4. The normalized spacial score (nSPS) is 14.1.